The van der Waals surface area contributed by atoms with Crippen molar-refractivity contribution >= 4 is 34.7 Å². The largest absolute Gasteiger partial charge is 0.505 e. The second kappa shape index (κ2) is 8.59. The van der Waals surface area contributed by atoms with Gasteiger partial charge in [-0.2, -0.15) is 0 Å². The number of nitro benzene ring substituents is 1. The van der Waals surface area contributed by atoms with Gasteiger partial charge in [0.1, 0.15) is 17.1 Å². The molecule has 2 heterocycles. The summed E-state index contributed by atoms with van der Waals surface area (Å²) in [5.74, 6) is -0.272. The third kappa shape index (κ3) is 4.23. The Bertz CT molecular complexity index is 1020. The number of anilines is 1. The molecule has 0 radical (unpaired) electrons. The van der Waals surface area contributed by atoms with Gasteiger partial charge in [0.2, 0.25) is 0 Å². The van der Waals surface area contributed by atoms with Crippen molar-refractivity contribution in [2.75, 3.05) is 31.1 Å². The number of piperazine rings is 1. The van der Waals surface area contributed by atoms with Crippen molar-refractivity contribution in [2.45, 2.75) is 6.54 Å². The fourth-order valence-corrected chi connectivity index (χ4v) is 3.59. The molecule has 2 aromatic carbocycles. The number of rotatable bonds is 4. The molecule has 9 heteroatoms. The third-order valence-electron chi connectivity index (χ3n) is 5.08. The van der Waals surface area contributed by atoms with Gasteiger partial charge in [-0.15, -0.1) is 12.4 Å². The summed E-state index contributed by atoms with van der Waals surface area (Å²) in [6.07, 6.45) is 1.51. The summed E-state index contributed by atoms with van der Waals surface area (Å²) in [5.41, 5.74) is 1.65. The molecule has 0 saturated carbocycles. The zero-order chi connectivity index (χ0) is 19.7. The Kier molecular flexibility index (Phi) is 6.14. The van der Waals surface area contributed by atoms with Gasteiger partial charge in [-0.05, 0) is 36.4 Å². The van der Waals surface area contributed by atoms with E-state index >= 15 is 0 Å². The van der Waals surface area contributed by atoms with E-state index in [1.807, 2.05) is 0 Å². The van der Waals surface area contributed by atoms with Crippen LogP contribution in [-0.2, 0) is 6.54 Å². The lowest BCUT2D eigenvalue weighted by Crippen LogP contribution is -2.46. The van der Waals surface area contributed by atoms with Crippen LogP contribution in [0.25, 0.3) is 10.9 Å². The quantitative estimate of drug-likeness (QED) is 0.513. The van der Waals surface area contributed by atoms with E-state index in [0.717, 1.165) is 31.9 Å². The highest BCUT2D eigenvalue weighted by atomic mass is 35.5. The van der Waals surface area contributed by atoms with Gasteiger partial charge in [-0.1, -0.05) is 0 Å². The molecule has 152 valence electrons. The maximum Gasteiger partial charge on any atom is 0.279 e. The van der Waals surface area contributed by atoms with Gasteiger partial charge in [0.05, 0.1) is 10.3 Å². The Hall–Kier alpha value is -2.97. The van der Waals surface area contributed by atoms with E-state index in [0.29, 0.717) is 17.5 Å². The van der Waals surface area contributed by atoms with E-state index in [4.69, 9.17) is 0 Å². The number of hydrogen-bond acceptors (Lipinski definition) is 6. The molecular weight excluding hydrogens is 399 g/mol. The normalized spacial score (nSPS) is 14.6. The minimum absolute atomic E-state index is 0. The molecular formula is C20H20ClFN4O3. The first-order chi connectivity index (χ1) is 13.5. The average Bonchev–Trinajstić information content (AvgIpc) is 2.71. The van der Waals surface area contributed by atoms with Crippen molar-refractivity contribution in [3.63, 3.8) is 0 Å². The lowest BCUT2D eigenvalue weighted by Gasteiger charge is -2.36. The van der Waals surface area contributed by atoms with Crippen LogP contribution in [0.3, 0.4) is 0 Å². The van der Waals surface area contributed by atoms with Crippen LogP contribution in [0.2, 0.25) is 0 Å². The molecule has 1 aliphatic heterocycles. The monoisotopic (exact) mass is 418 g/mol. The first kappa shape index (κ1) is 20.8. The minimum Gasteiger partial charge on any atom is -0.505 e. The Morgan fingerprint density at radius 1 is 1.14 bits per heavy atom. The highest BCUT2D eigenvalue weighted by molar-refractivity contribution is 5.93. The van der Waals surface area contributed by atoms with Crippen LogP contribution in [0.5, 0.6) is 5.75 Å². The van der Waals surface area contributed by atoms with Gasteiger partial charge in [0.25, 0.3) is 5.69 Å². The summed E-state index contributed by atoms with van der Waals surface area (Å²) in [6, 6.07) is 11.0. The molecule has 3 aromatic rings. The van der Waals surface area contributed by atoms with Gasteiger partial charge in [-0.3, -0.25) is 20.0 Å². The molecule has 1 aromatic heterocycles. The third-order valence-corrected chi connectivity index (χ3v) is 5.08. The van der Waals surface area contributed by atoms with Crippen LogP contribution < -0.4 is 4.90 Å². The summed E-state index contributed by atoms with van der Waals surface area (Å²) < 4.78 is 13.1. The number of phenols is 1. The maximum atomic E-state index is 13.1. The van der Waals surface area contributed by atoms with Crippen molar-refractivity contribution in [3.05, 3.63) is 70.2 Å². The van der Waals surface area contributed by atoms with E-state index in [1.54, 1.807) is 24.3 Å². The second-order valence-corrected chi connectivity index (χ2v) is 6.80. The van der Waals surface area contributed by atoms with Crippen LogP contribution >= 0.6 is 12.4 Å². The summed E-state index contributed by atoms with van der Waals surface area (Å²) in [6.45, 7) is 3.35. The summed E-state index contributed by atoms with van der Waals surface area (Å²) in [7, 11) is 0. The van der Waals surface area contributed by atoms with Crippen LogP contribution in [0, 0.1) is 15.9 Å². The van der Waals surface area contributed by atoms with Gasteiger partial charge in [-0.25, -0.2) is 4.39 Å². The van der Waals surface area contributed by atoms with Crippen molar-refractivity contribution in [1.82, 2.24) is 9.88 Å². The predicted octanol–water partition coefficient (Wildman–Crippen LogP) is 3.73. The topological polar surface area (TPSA) is 82.7 Å². The van der Waals surface area contributed by atoms with Gasteiger partial charge in [0, 0.05) is 56.2 Å². The molecule has 0 bridgehead atoms. The van der Waals surface area contributed by atoms with Crippen molar-refractivity contribution in [1.29, 1.82) is 0 Å². The number of nitrogens with zero attached hydrogens (tertiary/aromatic N) is 4. The molecule has 0 atom stereocenters. The zero-order valence-electron chi connectivity index (χ0n) is 15.5. The fraction of sp³-hybridized carbons (Fsp3) is 0.250. The number of benzene rings is 2. The molecule has 0 aliphatic carbocycles. The number of phenolic OH excluding ortho intramolecular Hbond substituents is 1. The number of halogens is 2. The van der Waals surface area contributed by atoms with E-state index < -0.39 is 4.92 Å². The number of non-ortho nitro benzene ring substituents is 1. The first-order valence-corrected chi connectivity index (χ1v) is 9.00. The van der Waals surface area contributed by atoms with Gasteiger partial charge >= 0.3 is 0 Å². The summed E-state index contributed by atoms with van der Waals surface area (Å²) >= 11 is 0. The van der Waals surface area contributed by atoms with Crippen LogP contribution in [-0.4, -0.2) is 46.1 Å². The van der Waals surface area contributed by atoms with Crippen molar-refractivity contribution in [2.24, 2.45) is 0 Å². The summed E-state index contributed by atoms with van der Waals surface area (Å²) in [5, 5.41) is 22.4. The smallest absolute Gasteiger partial charge is 0.279 e. The standard InChI is InChI=1S/C20H19FN4O3.ClH/c21-15-3-5-16(6-4-15)24-10-8-23(9-11-24)13-14-12-18(25(27)28)17-2-1-7-22-19(17)20(14)26;/h1-7,12,26H,8-11,13H2;1H. The van der Waals surface area contributed by atoms with E-state index in [1.165, 1.54) is 24.4 Å². The molecule has 1 N–H and O–H groups in total. The molecule has 0 spiro atoms. The Balaban J connectivity index is 0.00000240. The lowest BCUT2D eigenvalue weighted by molar-refractivity contribution is -0.383. The highest BCUT2D eigenvalue weighted by Crippen LogP contribution is 2.35. The molecule has 0 unspecified atom stereocenters. The Morgan fingerprint density at radius 2 is 1.83 bits per heavy atom. The number of nitro groups is 1. The van der Waals surface area contributed by atoms with Gasteiger partial charge in [0.15, 0.2) is 0 Å². The van der Waals surface area contributed by atoms with Crippen LogP contribution in [0.1, 0.15) is 5.56 Å². The van der Waals surface area contributed by atoms with Gasteiger partial charge < -0.3 is 10.0 Å². The number of aromatic hydroxyl groups is 1. The number of hydrogen-bond donors (Lipinski definition) is 1. The molecule has 29 heavy (non-hydrogen) atoms. The maximum absolute atomic E-state index is 13.1. The minimum atomic E-state index is -0.445. The number of fused-ring (bicyclic) bond motifs is 1. The first-order valence-electron chi connectivity index (χ1n) is 9.00. The van der Waals surface area contributed by atoms with E-state index in [-0.39, 0.29) is 35.2 Å². The fourth-order valence-electron chi connectivity index (χ4n) is 3.59. The molecule has 0 amide bonds. The molecule has 1 saturated heterocycles. The molecule has 7 nitrogen and oxygen atoms in total. The molecule has 1 fully saturated rings. The number of aromatic nitrogens is 1. The van der Waals surface area contributed by atoms with Crippen molar-refractivity contribution < 1.29 is 14.4 Å². The summed E-state index contributed by atoms with van der Waals surface area (Å²) in [4.78, 5) is 19.4. The predicted molar refractivity (Wildman–Crippen MR) is 111 cm³/mol. The number of pyridine rings is 1. The lowest BCUT2D eigenvalue weighted by atomic mass is 10.1. The van der Waals surface area contributed by atoms with Crippen molar-refractivity contribution in [3.8, 4) is 5.75 Å². The zero-order valence-corrected chi connectivity index (χ0v) is 16.3. The van der Waals surface area contributed by atoms with E-state index in [2.05, 4.69) is 14.8 Å². The Morgan fingerprint density at radius 3 is 2.48 bits per heavy atom. The Labute approximate surface area is 172 Å². The SMILES string of the molecule is Cl.O=[N+]([O-])c1cc(CN2CCN(c3ccc(F)cc3)CC2)c(O)c2ncccc12. The highest BCUT2D eigenvalue weighted by Gasteiger charge is 2.23. The average molecular weight is 419 g/mol. The molecule has 4 rings (SSSR count). The van der Waals surface area contributed by atoms with Crippen LogP contribution in [0.15, 0.2) is 48.7 Å². The van der Waals surface area contributed by atoms with Crippen LogP contribution in [0.4, 0.5) is 15.8 Å². The molecule has 1 aliphatic rings. The van der Waals surface area contributed by atoms with E-state index in [9.17, 15) is 19.6 Å². The second-order valence-electron chi connectivity index (χ2n) is 6.80.